The molecule has 2 aliphatic rings. The molecule has 0 bridgehead atoms. The van der Waals surface area contributed by atoms with Crippen LogP contribution in [0.2, 0.25) is 0 Å². The number of benzene rings is 1. The molecule has 6 heteroatoms. The van der Waals surface area contributed by atoms with Crippen molar-refractivity contribution in [3.05, 3.63) is 23.8 Å². The molecule has 108 valence electrons. The van der Waals surface area contributed by atoms with E-state index in [0.717, 1.165) is 36.9 Å². The summed E-state index contributed by atoms with van der Waals surface area (Å²) < 4.78 is 27.1. The second-order valence-electron chi connectivity index (χ2n) is 5.46. The van der Waals surface area contributed by atoms with Crippen LogP contribution in [0.25, 0.3) is 0 Å². The number of aryl methyl sites for hydroxylation is 1. The minimum atomic E-state index is -3.42. The smallest absolute Gasteiger partial charge is 0.240 e. The quantitative estimate of drug-likeness (QED) is 0.917. The van der Waals surface area contributed by atoms with Crippen molar-refractivity contribution in [2.45, 2.75) is 43.5 Å². The Hall–Kier alpha value is -1.40. The lowest BCUT2D eigenvalue weighted by Crippen LogP contribution is -2.33. The molecule has 5 nitrogen and oxygen atoms in total. The minimum absolute atomic E-state index is 0.00216. The molecule has 1 aliphatic carbocycles. The van der Waals surface area contributed by atoms with E-state index >= 15 is 0 Å². The van der Waals surface area contributed by atoms with E-state index < -0.39 is 10.0 Å². The molecule has 1 aromatic carbocycles. The third-order valence-electron chi connectivity index (χ3n) is 3.76. The van der Waals surface area contributed by atoms with Gasteiger partial charge < -0.3 is 4.90 Å². The lowest BCUT2D eigenvalue weighted by molar-refractivity contribution is -0.116. The maximum Gasteiger partial charge on any atom is 0.240 e. The lowest BCUT2D eigenvalue weighted by Gasteiger charge is -2.28. The van der Waals surface area contributed by atoms with Crippen molar-refractivity contribution in [1.29, 1.82) is 0 Å². The molecule has 1 aliphatic heterocycles. The Labute approximate surface area is 119 Å². The van der Waals surface area contributed by atoms with E-state index in [4.69, 9.17) is 0 Å². The van der Waals surface area contributed by atoms with Crippen molar-refractivity contribution in [3.8, 4) is 0 Å². The predicted molar refractivity (Wildman–Crippen MR) is 76.1 cm³/mol. The fourth-order valence-electron chi connectivity index (χ4n) is 2.56. The highest BCUT2D eigenvalue weighted by Crippen LogP contribution is 2.30. The highest BCUT2D eigenvalue weighted by atomic mass is 32.2. The van der Waals surface area contributed by atoms with Crippen LogP contribution >= 0.6 is 0 Å². The maximum atomic E-state index is 12.2. The number of sulfonamides is 1. The number of carbonyl (C=O) groups excluding carboxylic acids is 1. The summed E-state index contributed by atoms with van der Waals surface area (Å²) in [5.41, 5.74) is 1.78. The van der Waals surface area contributed by atoms with Gasteiger partial charge in [-0.1, -0.05) is 0 Å². The maximum absolute atomic E-state index is 12.2. The van der Waals surface area contributed by atoms with Crippen LogP contribution in [0.3, 0.4) is 0 Å². The van der Waals surface area contributed by atoms with E-state index in [1.165, 1.54) is 6.92 Å². The van der Waals surface area contributed by atoms with Gasteiger partial charge in [0.15, 0.2) is 0 Å². The Morgan fingerprint density at radius 1 is 1.35 bits per heavy atom. The van der Waals surface area contributed by atoms with E-state index in [-0.39, 0.29) is 11.9 Å². The number of nitrogens with one attached hydrogen (secondary N) is 1. The first-order chi connectivity index (χ1) is 9.47. The summed E-state index contributed by atoms with van der Waals surface area (Å²) in [6.07, 6.45) is 3.52. The molecule has 0 unspecified atom stereocenters. The summed E-state index contributed by atoms with van der Waals surface area (Å²) in [5, 5.41) is 0. The molecular formula is C14H18N2O3S. The van der Waals surface area contributed by atoms with Gasteiger partial charge in [-0.05, 0) is 49.4 Å². The normalized spacial score (nSPS) is 18.8. The third kappa shape index (κ3) is 2.58. The van der Waals surface area contributed by atoms with E-state index in [2.05, 4.69) is 4.72 Å². The van der Waals surface area contributed by atoms with Crippen LogP contribution in [0.1, 0.15) is 31.7 Å². The van der Waals surface area contributed by atoms with Gasteiger partial charge in [0.2, 0.25) is 15.9 Å². The minimum Gasteiger partial charge on any atom is -0.312 e. The van der Waals surface area contributed by atoms with Crippen LogP contribution in [0.4, 0.5) is 5.69 Å². The van der Waals surface area contributed by atoms with Crippen molar-refractivity contribution < 1.29 is 13.2 Å². The zero-order valence-electron chi connectivity index (χ0n) is 11.4. The molecule has 1 amide bonds. The van der Waals surface area contributed by atoms with Gasteiger partial charge in [0.05, 0.1) is 4.90 Å². The van der Waals surface area contributed by atoms with E-state index in [0.29, 0.717) is 11.4 Å². The summed E-state index contributed by atoms with van der Waals surface area (Å²) in [7, 11) is -3.42. The first-order valence-corrected chi connectivity index (χ1v) is 8.39. The summed E-state index contributed by atoms with van der Waals surface area (Å²) >= 11 is 0. The molecular weight excluding hydrogens is 276 g/mol. The van der Waals surface area contributed by atoms with E-state index in [1.807, 2.05) is 0 Å². The molecule has 1 heterocycles. The number of rotatable bonds is 3. The largest absolute Gasteiger partial charge is 0.312 e. The number of amides is 1. The second-order valence-corrected chi connectivity index (χ2v) is 7.17. The third-order valence-corrected chi connectivity index (χ3v) is 5.28. The van der Waals surface area contributed by atoms with Gasteiger partial charge in [-0.25, -0.2) is 13.1 Å². The summed E-state index contributed by atoms with van der Waals surface area (Å²) in [5.74, 6) is -0.00216. The highest BCUT2D eigenvalue weighted by molar-refractivity contribution is 7.89. The molecule has 3 rings (SSSR count). The average molecular weight is 294 g/mol. The number of fused-ring (bicyclic) bond motifs is 1. The van der Waals surface area contributed by atoms with Crippen molar-refractivity contribution in [3.63, 3.8) is 0 Å². The van der Waals surface area contributed by atoms with Crippen LogP contribution in [0.15, 0.2) is 23.1 Å². The Balaban J connectivity index is 1.94. The van der Waals surface area contributed by atoms with Crippen molar-refractivity contribution in [2.75, 3.05) is 11.4 Å². The van der Waals surface area contributed by atoms with Crippen LogP contribution in [-0.2, 0) is 21.2 Å². The van der Waals surface area contributed by atoms with Gasteiger partial charge >= 0.3 is 0 Å². The van der Waals surface area contributed by atoms with Crippen molar-refractivity contribution >= 4 is 21.6 Å². The number of hydrogen-bond acceptors (Lipinski definition) is 3. The Kier molecular flexibility index (Phi) is 3.30. The molecule has 0 spiro atoms. The van der Waals surface area contributed by atoms with Gasteiger partial charge in [-0.2, -0.15) is 0 Å². The molecule has 1 fully saturated rings. The number of anilines is 1. The van der Waals surface area contributed by atoms with Gasteiger partial charge in [-0.3, -0.25) is 4.79 Å². The highest BCUT2D eigenvalue weighted by Gasteiger charge is 2.29. The van der Waals surface area contributed by atoms with Crippen LogP contribution < -0.4 is 9.62 Å². The predicted octanol–water partition coefficient (Wildman–Crippen LogP) is 1.43. The first kappa shape index (κ1) is 13.6. The SMILES string of the molecule is CC(=O)N1CCCc2cc(S(=O)(=O)NC3CC3)ccc21. The molecule has 0 aromatic heterocycles. The first-order valence-electron chi connectivity index (χ1n) is 6.91. The Morgan fingerprint density at radius 3 is 2.75 bits per heavy atom. The second kappa shape index (κ2) is 4.86. The average Bonchev–Trinajstić information content (AvgIpc) is 3.20. The fourth-order valence-corrected chi connectivity index (χ4v) is 3.91. The van der Waals surface area contributed by atoms with Crippen LogP contribution in [0, 0.1) is 0 Å². The van der Waals surface area contributed by atoms with Gasteiger partial charge in [0.1, 0.15) is 0 Å². The van der Waals surface area contributed by atoms with E-state index in [9.17, 15) is 13.2 Å². The molecule has 20 heavy (non-hydrogen) atoms. The fraction of sp³-hybridized carbons (Fsp3) is 0.500. The Morgan fingerprint density at radius 2 is 2.10 bits per heavy atom. The molecule has 0 saturated heterocycles. The zero-order valence-corrected chi connectivity index (χ0v) is 12.2. The lowest BCUT2D eigenvalue weighted by atomic mass is 10.0. The number of nitrogens with zero attached hydrogens (tertiary/aromatic N) is 1. The van der Waals surface area contributed by atoms with Crippen LogP contribution in [0.5, 0.6) is 0 Å². The van der Waals surface area contributed by atoms with E-state index in [1.54, 1.807) is 23.1 Å². The zero-order chi connectivity index (χ0) is 14.3. The standard InChI is InChI=1S/C14H18N2O3S/c1-10(17)16-8-2-3-11-9-13(6-7-14(11)16)20(18,19)15-12-4-5-12/h6-7,9,12,15H,2-5,8H2,1H3. The van der Waals surface area contributed by atoms with Gasteiger partial charge in [0, 0.05) is 25.2 Å². The monoisotopic (exact) mass is 294 g/mol. The van der Waals surface area contributed by atoms with Crippen molar-refractivity contribution in [1.82, 2.24) is 4.72 Å². The topological polar surface area (TPSA) is 66.5 Å². The number of carbonyl (C=O) groups is 1. The summed E-state index contributed by atoms with van der Waals surface area (Å²) in [4.78, 5) is 13.6. The van der Waals surface area contributed by atoms with Crippen LogP contribution in [-0.4, -0.2) is 26.9 Å². The Bertz CT molecular complexity index is 650. The molecule has 0 atom stereocenters. The number of hydrogen-bond donors (Lipinski definition) is 1. The van der Waals surface area contributed by atoms with Crippen molar-refractivity contribution in [2.24, 2.45) is 0 Å². The molecule has 0 radical (unpaired) electrons. The summed E-state index contributed by atoms with van der Waals surface area (Å²) in [6, 6.07) is 5.14. The molecule has 1 aromatic rings. The van der Waals surface area contributed by atoms with Gasteiger partial charge in [-0.15, -0.1) is 0 Å². The van der Waals surface area contributed by atoms with Gasteiger partial charge in [0.25, 0.3) is 0 Å². The summed E-state index contributed by atoms with van der Waals surface area (Å²) in [6.45, 7) is 2.24. The molecule has 1 N–H and O–H groups in total. The molecule has 1 saturated carbocycles.